The van der Waals surface area contributed by atoms with Gasteiger partial charge in [-0.05, 0) is 42.5 Å². The molecule has 1 aliphatic carbocycles. The molecule has 3 N–H and O–H groups in total. The van der Waals surface area contributed by atoms with Gasteiger partial charge in [0.2, 0.25) is 11.8 Å². The van der Waals surface area contributed by atoms with E-state index in [0.717, 1.165) is 19.3 Å². The van der Waals surface area contributed by atoms with Gasteiger partial charge in [-0.15, -0.1) is 0 Å². The molecule has 178 valence electrons. The van der Waals surface area contributed by atoms with Crippen molar-refractivity contribution in [3.05, 3.63) is 42.3 Å². The molecule has 2 aromatic heterocycles. The van der Waals surface area contributed by atoms with Crippen LogP contribution >= 0.6 is 12.6 Å². The van der Waals surface area contributed by atoms with E-state index < -0.39 is 28.7 Å². The van der Waals surface area contributed by atoms with Crippen LogP contribution < -0.4 is 10.6 Å². The SMILES string of the molecule is CC[C@@H](C)[C@@H](S)C(=O)NC1(C(=O)NC(Cc2ccc(-c3ccco3)nc2)C(=O)O)CCCC1. The fraction of sp³-hybridized carbons (Fsp3) is 0.500. The predicted octanol–water partition coefficient (Wildman–Crippen LogP) is 3.23. The van der Waals surface area contributed by atoms with Crippen LogP contribution in [-0.2, 0) is 20.8 Å². The number of thiol groups is 1. The number of carbonyl (C=O) groups is 3. The molecule has 9 heteroatoms. The standard InChI is InChI=1S/C24H31N3O5S/c1-3-15(2)20(33)21(28)27-24(10-4-5-11-24)23(31)26-18(22(29)30)13-16-8-9-17(25-14-16)19-7-6-12-32-19/h6-9,12,14-15,18,20,33H,3-5,10-11,13H2,1-2H3,(H,26,31)(H,27,28)(H,29,30)/t15-,18?,20-/m1/s1. The quantitative estimate of drug-likeness (QED) is 0.393. The average Bonchev–Trinajstić information content (AvgIpc) is 3.51. The van der Waals surface area contributed by atoms with Crippen LogP contribution in [0.2, 0.25) is 0 Å². The van der Waals surface area contributed by atoms with Crippen LogP contribution in [0.3, 0.4) is 0 Å². The van der Waals surface area contributed by atoms with Crippen molar-refractivity contribution in [2.45, 2.75) is 69.2 Å². The molecule has 0 radical (unpaired) electrons. The minimum absolute atomic E-state index is 0.0539. The van der Waals surface area contributed by atoms with Gasteiger partial charge in [0.1, 0.15) is 17.3 Å². The van der Waals surface area contributed by atoms with Gasteiger partial charge in [0.15, 0.2) is 5.76 Å². The van der Waals surface area contributed by atoms with Crippen LogP contribution in [0.15, 0.2) is 41.1 Å². The largest absolute Gasteiger partial charge is 0.480 e. The smallest absolute Gasteiger partial charge is 0.326 e. The van der Waals surface area contributed by atoms with Gasteiger partial charge in [-0.2, -0.15) is 12.6 Å². The number of carboxylic acid groups (broad SMARTS) is 1. The molecule has 33 heavy (non-hydrogen) atoms. The zero-order chi connectivity index (χ0) is 24.0. The zero-order valence-corrected chi connectivity index (χ0v) is 19.8. The van der Waals surface area contributed by atoms with Crippen molar-refractivity contribution >= 4 is 30.4 Å². The Kier molecular flexibility index (Phi) is 8.18. The highest BCUT2D eigenvalue weighted by molar-refractivity contribution is 7.81. The van der Waals surface area contributed by atoms with E-state index in [1.54, 1.807) is 36.7 Å². The Bertz CT molecular complexity index is 955. The van der Waals surface area contributed by atoms with Crippen LogP contribution in [0, 0.1) is 5.92 Å². The van der Waals surface area contributed by atoms with Crippen molar-refractivity contribution in [1.29, 1.82) is 0 Å². The topological polar surface area (TPSA) is 122 Å². The third kappa shape index (κ3) is 5.96. The third-order valence-corrected chi connectivity index (χ3v) is 7.09. The number of aromatic nitrogens is 1. The second-order valence-electron chi connectivity index (χ2n) is 8.71. The lowest BCUT2D eigenvalue weighted by Gasteiger charge is -2.32. The molecule has 0 spiro atoms. The summed E-state index contributed by atoms with van der Waals surface area (Å²) < 4.78 is 5.32. The number of rotatable bonds is 10. The maximum absolute atomic E-state index is 13.2. The molecule has 3 atom stereocenters. The highest BCUT2D eigenvalue weighted by Crippen LogP contribution is 2.31. The highest BCUT2D eigenvalue weighted by atomic mass is 32.1. The fourth-order valence-corrected chi connectivity index (χ4v) is 4.30. The van der Waals surface area contributed by atoms with Gasteiger partial charge < -0.3 is 20.2 Å². The summed E-state index contributed by atoms with van der Waals surface area (Å²) in [5.41, 5.74) is 0.185. The average molecular weight is 474 g/mol. The summed E-state index contributed by atoms with van der Waals surface area (Å²) in [6.07, 6.45) is 6.48. The Morgan fingerprint density at radius 2 is 1.97 bits per heavy atom. The van der Waals surface area contributed by atoms with E-state index in [1.807, 2.05) is 13.8 Å². The van der Waals surface area contributed by atoms with Gasteiger partial charge in [0.05, 0.1) is 11.5 Å². The molecule has 2 aromatic rings. The van der Waals surface area contributed by atoms with Crippen molar-refractivity contribution in [1.82, 2.24) is 15.6 Å². The minimum Gasteiger partial charge on any atom is -0.480 e. The Labute approximate surface area is 199 Å². The van der Waals surface area contributed by atoms with Crippen molar-refractivity contribution in [2.24, 2.45) is 5.92 Å². The van der Waals surface area contributed by atoms with Crippen LogP contribution in [0.5, 0.6) is 0 Å². The van der Waals surface area contributed by atoms with E-state index in [0.29, 0.717) is 29.9 Å². The number of carboxylic acids is 1. The lowest BCUT2D eigenvalue weighted by molar-refractivity contribution is -0.143. The summed E-state index contributed by atoms with van der Waals surface area (Å²) in [6.45, 7) is 3.91. The number of carbonyl (C=O) groups excluding carboxylic acids is 2. The molecule has 1 fully saturated rings. The van der Waals surface area contributed by atoms with Crippen LogP contribution in [0.4, 0.5) is 0 Å². The monoisotopic (exact) mass is 473 g/mol. The molecule has 0 aromatic carbocycles. The molecular weight excluding hydrogens is 442 g/mol. The molecule has 2 amide bonds. The first kappa shape index (κ1) is 24.8. The van der Waals surface area contributed by atoms with Gasteiger partial charge in [-0.1, -0.05) is 39.2 Å². The van der Waals surface area contributed by atoms with Gasteiger partial charge in [-0.3, -0.25) is 14.6 Å². The summed E-state index contributed by atoms with van der Waals surface area (Å²) in [5, 5.41) is 14.8. The van der Waals surface area contributed by atoms with Crippen molar-refractivity contribution in [2.75, 3.05) is 0 Å². The van der Waals surface area contributed by atoms with Crippen LogP contribution in [-0.4, -0.2) is 44.7 Å². The molecule has 0 aliphatic heterocycles. The fourth-order valence-electron chi connectivity index (χ4n) is 4.03. The number of pyridine rings is 1. The molecule has 8 nitrogen and oxygen atoms in total. The molecular formula is C24H31N3O5S. The van der Waals surface area contributed by atoms with E-state index >= 15 is 0 Å². The van der Waals surface area contributed by atoms with E-state index in [-0.39, 0.29) is 18.2 Å². The van der Waals surface area contributed by atoms with Crippen LogP contribution in [0.25, 0.3) is 11.5 Å². The summed E-state index contributed by atoms with van der Waals surface area (Å²) in [6, 6.07) is 5.91. The number of furan rings is 1. The third-order valence-electron chi connectivity index (χ3n) is 6.35. The van der Waals surface area contributed by atoms with E-state index in [9.17, 15) is 19.5 Å². The number of hydrogen-bond acceptors (Lipinski definition) is 6. The maximum Gasteiger partial charge on any atom is 0.326 e. The molecule has 2 heterocycles. The first-order chi connectivity index (χ1) is 15.8. The lowest BCUT2D eigenvalue weighted by Crippen LogP contribution is -2.61. The first-order valence-corrected chi connectivity index (χ1v) is 11.8. The molecule has 1 unspecified atom stereocenters. The van der Waals surface area contributed by atoms with E-state index in [4.69, 9.17) is 4.42 Å². The predicted molar refractivity (Wildman–Crippen MR) is 127 cm³/mol. The Hall–Kier alpha value is -2.81. The van der Waals surface area contributed by atoms with Gasteiger partial charge >= 0.3 is 5.97 Å². The van der Waals surface area contributed by atoms with Crippen molar-refractivity contribution in [3.63, 3.8) is 0 Å². The second kappa shape index (κ2) is 10.9. The minimum atomic E-state index is -1.15. The maximum atomic E-state index is 13.2. The lowest BCUT2D eigenvalue weighted by atomic mass is 9.93. The summed E-state index contributed by atoms with van der Waals surface area (Å²) in [4.78, 5) is 42.2. The second-order valence-corrected chi connectivity index (χ2v) is 9.26. The molecule has 1 aliphatic rings. The Morgan fingerprint density at radius 1 is 1.24 bits per heavy atom. The van der Waals surface area contributed by atoms with Gasteiger partial charge in [0.25, 0.3) is 0 Å². The summed E-state index contributed by atoms with van der Waals surface area (Å²) in [5.74, 6) is -1.24. The molecule has 0 saturated heterocycles. The van der Waals surface area contributed by atoms with E-state index in [1.165, 1.54) is 0 Å². The number of nitrogens with zero attached hydrogens (tertiary/aromatic N) is 1. The van der Waals surface area contributed by atoms with Crippen molar-refractivity contribution < 1.29 is 23.9 Å². The highest BCUT2D eigenvalue weighted by Gasteiger charge is 2.44. The molecule has 0 bridgehead atoms. The normalized spacial score (nSPS) is 17.7. The summed E-state index contributed by atoms with van der Waals surface area (Å²) >= 11 is 4.43. The molecule has 3 rings (SSSR count). The van der Waals surface area contributed by atoms with Crippen LogP contribution in [0.1, 0.15) is 51.5 Å². The summed E-state index contributed by atoms with van der Waals surface area (Å²) in [7, 11) is 0. The van der Waals surface area contributed by atoms with Gasteiger partial charge in [-0.25, -0.2) is 4.79 Å². The Balaban J connectivity index is 1.70. The zero-order valence-electron chi connectivity index (χ0n) is 18.9. The first-order valence-electron chi connectivity index (χ1n) is 11.3. The van der Waals surface area contributed by atoms with Crippen molar-refractivity contribution in [3.8, 4) is 11.5 Å². The number of aliphatic carboxylic acids is 1. The number of amides is 2. The molecule has 1 saturated carbocycles. The van der Waals surface area contributed by atoms with Gasteiger partial charge in [0, 0.05) is 12.6 Å². The number of nitrogens with one attached hydrogen (secondary N) is 2. The Morgan fingerprint density at radius 3 is 2.52 bits per heavy atom. The van der Waals surface area contributed by atoms with E-state index in [2.05, 4.69) is 28.2 Å². The number of hydrogen-bond donors (Lipinski definition) is 4.